The van der Waals surface area contributed by atoms with Gasteiger partial charge in [-0.1, -0.05) is 12.1 Å². The molecule has 0 spiro atoms. The fraction of sp³-hybridized carbons (Fsp3) is 0.214. The summed E-state index contributed by atoms with van der Waals surface area (Å²) < 4.78 is 79.9. The lowest BCUT2D eigenvalue weighted by Gasteiger charge is -2.17. The Bertz CT molecular complexity index is 696. The van der Waals surface area contributed by atoms with Gasteiger partial charge in [-0.3, -0.25) is 4.98 Å². The molecular formula is C14H9F6NO2. The Morgan fingerprint density at radius 3 is 2.22 bits per heavy atom. The third-order valence-corrected chi connectivity index (χ3v) is 2.89. The van der Waals surface area contributed by atoms with Crippen LogP contribution in [-0.2, 0) is 12.8 Å². The highest BCUT2D eigenvalue weighted by Gasteiger charge is 2.36. The van der Waals surface area contributed by atoms with Crippen LogP contribution in [0, 0.1) is 0 Å². The lowest BCUT2D eigenvalue weighted by molar-refractivity contribution is -0.274. The maximum absolute atomic E-state index is 13.0. The van der Waals surface area contributed by atoms with Crippen LogP contribution in [0.15, 0.2) is 36.5 Å². The Hall–Kier alpha value is -2.29. The topological polar surface area (TPSA) is 42.4 Å². The van der Waals surface area contributed by atoms with E-state index in [-0.39, 0.29) is 5.56 Å². The number of benzene rings is 1. The van der Waals surface area contributed by atoms with E-state index in [1.807, 2.05) is 0 Å². The summed E-state index contributed by atoms with van der Waals surface area (Å²) in [7, 11) is 0. The van der Waals surface area contributed by atoms with E-state index in [0.717, 1.165) is 18.3 Å². The molecule has 0 unspecified atom stereocenters. The van der Waals surface area contributed by atoms with Crippen LogP contribution in [0.25, 0.3) is 11.3 Å². The SMILES string of the molecule is OCc1c(C(F)(F)F)ccnc1-c1ccccc1OC(F)(F)F. The minimum absolute atomic E-state index is 0.306. The first-order chi connectivity index (χ1) is 10.6. The maximum atomic E-state index is 13.0. The van der Waals surface area contributed by atoms with Gasteiger partial charge in [-0.05, 0) is 18.2 Å². The van der Waals surface area contributed by atoms with Crippen molar-refractivity contribution < 1.29 is 36.2 Å². The molecule has 0 radical (unpaired) electrons. The molecule has 0 atom stereocenters. The number of hydrogen-bond acceptors (Lipinski definition) is 3. The molecule has 9 heteroatoms. The quantitative estimate of drug-likeness (QED) is 0.856. The third-order valence-electron chi connectivity index (χ3n) is 2.89. The van der Waals surface area contributed by atoms with Gasteiger partial charge in [-0.25, -0.2) is 0 Å². The summed E-state index contributed by atoms with van der Waals surface area (Å²) in [5, 5.41) is 9.24. The summed E-state index contributed by atoms with van der Waals surface area (Å²) in [4.78, 5) is 3.68. The summed E-state index contributed by atoms with van der Waals surface area (Å²) in [5.41, 5.74) is -2.54. The van der Waals surface area contributed by atoms with Gasteiger partial charge < -0.3 is 9.84 Å². The molecule has 124 valence electrons. The second-order valence-electron chi connectivity index (χ2n) is 4.39. The van der Waals surface area contributed by atoms with E-state index in [1.165, 1.54) is 12.1 Å². The molecule has 0 fully saturated rings. The Kier molecular flexibility index (Phi) is 4.51. The second kappa shape index (κ2) is 6.07. The molecule has 1 aromatic heterocycles. The Labute approximate surface area is 126 Å². The van der Waals surface area contributed by atoms with Gasteiger partial charge in [0.1, 0.15) is 5.75 Å². The molecule has 0 saturated carbocycles. The van der Waals surface area contributed by atoms with Crippen LogP contribution in [0.2, 0.25) is 0 Å². The van der Waals surface area contributed by atoms with Gasteiger partial charge in [0.05, 0.1) is 17.9 Å². The predicted octanol–water partition coefficient (Wildman–Crippen LogP) is 4.16. The van der Waals surface area contributed by atoms with Crippen molar-refractivity contribution in [2.24, 2.45) is 0 Å². The van der Waals surface area contributed by atoms with Crippen LogP contribution in [0.5, 0.6) is 5.75 Å². The fourth-order valence-electron chi connectivity index (χ4n) is 2.03. The smallest absolute Gasteiger partial charge is 0.405 e. The maximum Gasteiger partial charge on any atom is 0.573 e. The van der Waals surface area contributed by atoms with Crippen LogP contribution in [0.3, 0.4) is 0 Å². The van der Waals surface area contributed by atoms with Gasteiger partial charge in [-0.15, -0.1) is 13.2 Å². The van der Waals surface area contributed by atoms with Crippen molar-refractivity contribution in [3.05, 3.63) is 47.7 Å². The molecule has 2 aromatic rings. The van der Waals surface area contributed by atoms with E-state index in [4.69, 9.17) is 0 Å². The fourth-order valence-corrected chi connectivity index (χ4v) is 2.03. The summed E-state index contributed by atoms with van der Waals surface area (Å²) in [5.74, 6) is -0.707. The minimum Gasteiger partial charge on any atom is -0.405 e. The number of halogens is 6. The first-order valence-corrected chi connectivity index (χ1v) is 6.14. The van der Waals surface area contributed by atoms with Crippen LogP contribution < -0.4 is 4.74 Å². The number of rotatable bonds is 3. The number of hydrogen-bond donors (Lipinski definition) is 1. The zero-order chi connectivity index (χ0) is 17.3. The molecule has 0 aliphatic carbocycles. The van der Waals surface area contributed by atoms with Crippen LogP contribution in [-0.4, -0.2) is 16.5 Å². The van der Waals surface area contributed by atoms with Gasteiger partial charge in [0.2, 0.25) is 0 Å². The van der Waals surface area contributed by atoms with E-state index in [1.54, 1.807) is 0 Å². The molecule has 1 aromatic carbocycles. The molecule has 23 heavy (non-hydrogen) atoms. The second-order valence-corrected chi connectivity index (χ2v) is 4.39. The van der Waals surface area contributed by atoms with Crippen molar-refractivity contribution in [3.63, 3.8) is 0 Å². The molecule has 0 aliphatic rings. The first kappa shape index (κ1) is 17.1. The molecule has 1 N–H and O–H groups in total. The van der Waals surface area contributed by atoms with Gasteiger partial charge in [0.25, 0.3) is 0 Å². The van der Waals surface area contributed by atoms with Gasteiger partial charge >= 0.3 is 12.5 Å². The molecule has 1 heterocycles. The Morgan fingerprint density at radius 1 is 1.00 bits per heavy atom. The monoisotopic (exact) mass is 337 g/mol. The van der Waals surface area contributed by atoms with E-state index >= 15 is 0 Å². The minimum atomic E-state index is -5.02. The molecular weight excluding hydrogens is 328 g/mol. The summed E-state index contributed by atoms with van der Waals surface area (Å²) in [6.45, 7) is -1.04. The highest BCUT2D eigenvalue weighted by Crippen LogP contribution is 2.39. The zero-order valence-corrected chi connectivity index (χ0v) is 11.2. The number of pyridine rings is 1. The van der Waals surface area contributed by atoms with Crippen molar-refractivity contribution in [1.29, 1.82) is 0 Å². The number of para-hydroxylation sites is 1. The number of ether oxygens (including phenoxy) is 1. The summed E-state index contributed by atoms with van der Waals surface area (Å²) in [6, 6.07) is 5.27. The van der Waals surface area contributed by atoms with Crippen LogP contribution in [0.4, 0.5) is 26.3 Å². The average molecular weight is 337 g/mol. The first-order valence-electron chi connectivity index (χ1n) is 6.14. The zero-order valence-electron chi connectivity index (χ0n) is 11.2. The molecule has 3 nitrogen and oxygen atoms in total. The molecule has 0 aliphatic heterocycles. The predicted molar refractivity (Wildman–Crippen MR) is 67.3 cm³/mol. The van der Waals surface area contributed by atoms with Crippen molar-refractivity contribution in [2.45, 2.75) is 19.1 Å². The Morgan fingerprint density at radius 2 is 1.65 bits per heavy atom. The van der Waals surface area contributed by atoms with Crippen molar-refractivity contribution >= 4 is 0 Å². The van der Waals surface area contributed by atoms with Gasteiger partial charge in [-0.2, -0.15) is 13.2 Å². The lowest BCUT2D eigenvalue weighted by atomic mass is 10.0. The van der Waals surface area contributed by atoms with E-state index in [9.17, 15) is 31.4 Å². The molecule has 2 rings (SSSR count). The van der Waals surface area contributed by atoms with Crippen molar-refractivity contribution in [3.8, 4) is 17.0 Å². The summed E-state index contributed by atoms with van der Waals surface area (Å²) in [6.07, 6.45) is -8.99. The highest BCUT2D eigenvalue weighted by atomic mass is 19.4. The molecule has 0 saturated heterocycles. The number of aromatic nitrogens is 1. The average Bonchev–Trinajstić information content (AvgIpc) is 2.44. The number of nitrogens with zero attached hydrogens (tertiary/aromatic N) is 1. The van der Waals surface area contributed by atoms with E-state index in [2.05, 4.69) is 9.72 Å². The highest BCUT2D eigenvalue weighted by molar-refractivity contribution is 5.71. The van der Waals surface area contributed by atoms with Gasteiger partial charge in [0.15, 0.2) is 0 Å². The number of aliphatic hydroxyl groups is 1. The summed E-state index contributed by atoms with van der Waals surface area (Å²) >= 11 is 0. The Balaban J connectivity index is 2.64. The normalized spacial score (nSPS) is 12.3. The standard InChI is InChI=1S/C14H9F6NO2/c15-13(16,17)10-5-6-21-12(9(10)7-22)8-3-1-2-4-11(8)23-14(18,19)20/h1-6,22H,7H2. The third kappa shape index (κ3) is 3.92. The van der Waals surface area contributed by atoms with Gasteiger partial charge in [0, 0.05) is 17.3 Å². The number of alkyl halides is 6. The lowest BCUT2D eigenvalue weighted by Crippen LogP contribution is -2.18. The number of aliphatic hydroxyl groups excluding tert-OH is 1. The van der Waals surface area contributed by atoms with E-state index < -0.39 is 41.7 Å². The van der Waals surface area contributed by atoms with Crippen molar-refractivity contribution in [2.75, 3.05) is 0 Å². The van der Waals surface area contributed by atoms with Crippen molar-refractivity contribution in [1.82, 2.24) is 4.98 Å². The van der Waals surface area contributed by atoms with E-state index in [0.29, 0.717) is 6.07 Å². The van der Waals surface area contributed by atoms with Crippen LogP contribution in [0.1, 0.15) is 11.1 Å². The van der Waals surface area contributed by atoms with Crippen LogP contribution >= 0.6 is 0 Å². The molecule has 0 amide bonds. The largest absolute Gasteiger partial charge is 0.573 e. The molecule has 0 bridgehead atoms.